The van der Waals surface area contributed by atoms with Crippen molar-refractivity contribution >= 4 is 13.5 Å². The molecule has 0 aromatic rings. The zero-order valence-electron chi connectivity index (χ0n) is 10.7. The molecule has 4 nitrogen and oxygen atoms in total. The van der Waals surface area contributed by atoms with Gasteiger partial charge in [-0.2, -0.15) is 0 Å². The smallest absolute Gasteiger partial charge is 0.329 e. The Balaban J connectivity index is 4.03. The summed E-state index contributed by atoms with van der Waals surface area (Å²) in [6.07, 6.45) is 1.32. The highest BCUT2D eigenvalue weighted by Crippen LogP contribution is 2.24. The minimum Gasteiger partial charge on any atom is -0.463 e. The molecule has 0 aromatic carbocycles. The Morgan fingerprint density at radius 1 is 1.38 bits per heavy atom. The maximum atomic E-state index is 11.0. The number of hydrogen-bond donors (Lipinski definition) is 1. The van der Waals surface area contributed by atoms with Crippen molar-refractivity contribution in [2.45, 2.75) is 45.8 Å². The molecule has 0 aliphatic heterocycles. The molecule has 0 heterocycles. The first-order valence-electron chi connectivity index (χ1n) is 5.40. The lowest BCUT2D eigenvalue weighted by Gasteiger charge is -2.37. The third-order valence-corrected chi connectivity index (χ3v) is 2.55. The molecule has 0 aromatic heterocycles. The molecule has 1 N–H and O–H groups in total. The molecule has 0 unspecified atom stereocenters. The monoisotopic (exact) mass is 228 g/mol. The zero-order valence-corrected chi connectivity index (χ0v) is 10.7. The van der Waals surface area contributed by atoms with Crippen LogP contribution in [0.1, 0.15) is 34.6 Å². The lowest BCUT2D eigenvalue weighted by atomic mass is 9.86. The summed E-state index contributed by atoms with van der Waals surface area (Å²) in [4.78, 5) is 11.0. The van der Waals surface area contributed by atoms with Gasteiger partial charge in [-0.3, -0.25) is 0 Å². The van der Waals surface area contributed by atoms with Gasteiger partial charge in [-0.15, -0.1) is 0 Å². The molecule has 0 saturated heterocycles. The lowest BCUT2D eigenvalue weighted by molar-refractivity contribution is -0.137. The van der Waals surface area contributed by atoms with Crippen LogP contribution in [0.25, 0.3) is 0 Å². The largest absolute Gasteiger partial charge is 0.463 e. The molecule has 16 heavy (non-hydrogen) atoms. The Labute approximate surface area is 97.9 Å². The molecule has 92 valence electrons. The van der Waals surface area contributed by atoms with Crippen molar-refractivity contribution in [3.63, 3.8) is 0 Å². The number of rotatable bonds is 6. The fourth-order valence-electron chi connectivity index (χ4n) is 0.768. The van der Waals surface area contributed by atoms with Crippen LogP contribution < -0.4 is 0 Å². The SMILES string of the molecule is CCOC(=O)/C=C/BOC(C)(C)C(C)(C)O. The molecule has 0 bridgehead atoms. The van der Waals surface area contributed by atoms with E-state index in [9.17, 15) is 9.90 Å². The van der Waals surface area contributed by atoms with Gasteiger partial charge in [-0.25, -0.2) is 4.79 Å². The van der Waals surface area contributed by atoms with Gasteiger partial charge < -0.3 is 14.5 Å². The van der Waals surface area contributed by atoms with E-state index in [1.807, 2.05) is 0 Å². The Morgan fingerprint density at radius 3 is 2.38 bits per heavy atom. The van der Waals surface area contributed by atoms with E-state index < -0.39 is 11.2 Å². The first kappa shape index (κ1) is 15.2. The minimum atomic E-state index is -0.940. The molecule has 0 atom stereocenters. The molecule has 0 aliphatic carbocycles. The summed E-state index contributed by atoms with van der Waals surface area (Å²) in [6, 6.07) is 0. The van der Waals surface area contributed by atoms with Crippen LogP contribution in [0.4, 0.5) is 0 Å². The number of hydrogen-bond acceptors (Lipinski definition) is 4. The number of ether oxygens (including phenoxy) is 1. The highest BCUT2D eigenvalue weighted by atomic mass is 16.5. The van der Waals surface area contributed by atoms with Gasteiger partial charge in [0, 0.05) is 6.08 Å². The maximum Gasteiger partial charge on any atom is 0.329 e. The van der Waals surface area contributed by atoms with E-state index >= 15 is 0 Å². The van der Waals surface area contributed by atoms with Crippen molar-refractivity contribution in [3.05, 3.63) is 12.1 Å². The van der Waals surface area contributed by atoms with Crippen LogP contribution in [-0.4, -0.2) is 36.4 Å². The van der Waals surface area contributed by atoms with Gasteiger partial charge in [0.05, 0.1) is 17.8 Å². The van der Waals surface area contributed by atoms with E-state index in [2.05, 4.69) is 0 Å². The molecule has 0 aliphatic rings. The van der Waals surface area contributed by atoms with Gasteiger partial charge in [0.1, 0.15) is 0 Å². The normalized spacial score (nSPS) is 12.9. The van der Waals surface area contributed by atoms with E-state index in [4.69, 9.17) is 9.39 Å². The highest BCUT2D eigenvalue weighted by Gasteiger charge is 2.35. The number of carbonyl (C=O) groups excluding carboxylic acids is 1. The van der Waals surface area contributed by atoms with Crippen molar-refractivity contribution in [2.75, 3.05) is 6.61 Å². The molecule has 5 heteroatoms. The van der Waals surface area contributed by atoms with Gasteiger partial charge in [0.2, 0.25) is 0 Å². The average molecular weight is 228 g/mol. The molecule has 0 radical (unpaired) electrons. The van der Waals surface area contributed by atoms with Crippen molar-refractivity contribution < 1.29 is 19.3 Å². The third kappa shape index (κ3) is 5.33. The van der Waals surface area contributed by atoms with Gasteiger partial charge in [-0.1, -0.05) is 5.98 Å². The van der Waals surface area contributed by atoms with Crippen LogP contribution in [0, 0.1) is 0 Å². The van der Waals surface area contributed by atoms with Crippen molar-refractivity contribution in [3.8, 4) is 0 Å². The molecule has 0 fully saturated rings. The zero-order chi connectivity index (χ0) is 12.8. The van der Waals surface area contributed by atoms with E-state index in [0.717, 1.165) is 0 Å². The molecule has 0 rings (SSSR count). The summed E-state index contributed by atoms with van der Waals surface area (Å²) in [6.45, 7) is 9.07. The van der Waals surface area contributed by atoms with E-state index in [0.29, 0.717) is 6.61 Å². The molecule has 0 amide bonds. The van der Waals surface area contributed by atoms with E-state index in [-0.39, 0.29) is 13.5 Å². The van der Waals surface area contributed by atoms with E-state index in [1.54, 1.807) is 40.6 Å². The molecular formula is C11H21BO4. The van der Waals surface area contributed by atoms with Crippen LogP contribution in [0.2, 0.25) is 0 Å². The number of aliphatic hydroxyl groups is 1. The summed E-state index contributed by atoms with van der Waals surface area (Å²) in [5, 5.41) is 9.80. The standard InChI is InChI=1S/C11H21BO4/c1-6-15-9(13)7-8-12-16-11(4,5)10(2,3)14/h7-8,12,14H,6H2,1-5H3/b8-7+. The Hall–Kier alpha value is -0.805. The summed E-state index contributed by atoms with van der Waals surface area (Å²) in [5.74, 6) is 1.19. The number of carbonyl (C=O) groups is 1. The second kappa shape index (κ2) is 6.06. The van der Waals surface area contributed by atoms with Gasteiger partial charge in [0.25, 0.3) is 0 Å². The summed E-state index contributed by atoms with van der Waals surface area (Å²) in [7, 11) is 0.260. The number of esters is 1. The van der Waals surface area contributed by atoms with Gasteiger partial charge in [0.15, 0.2) is 0 Å². The van der Waals surface area contributed by atoms with Crippen LogP contribution in [-0.2, 0) is 14.2 Å². The lowest BCUT2D eigenvalue weighted by Crippen LogP contribution is -2.47. The van der Waals surface area contributed by atoms with Crippen LogP contribution in [0.5, 0.6) is 0 Å². The Kier molecular flexibility index (Phi) is 5.75. The van der Waals surface area contributed by atoms with Crippen molar-refractivity contribution in [2.24, 2.45) is 0 Å². The maximum absolute atomic E-state index is 11.0. The van der Waals surface area contributed by atoms with E-state index in [1.165, 1.54) is 6.08 Å². The Morgan fingerprint density at radius 2 is 1.94 bits per heavy atom. The fourth-order valence-corrected chi connectivity index (χ4v) is 0.768. The van der Waals surface area contributed by atoms with Crippen LogP contribution in [0.15, 0.2) is 12.1 Å². The molecule has 0 saturated carbocycles. The van der Waals surface area contributed by atoms with Gasteiger partial charge >= 0.3 is 13.5 Å². The average Bonchev–Trinajstić information content (AvgIpc) is 2.11. The topological polar surface area (TPSA) is 55.8 Å². The van der Waals surface area contributed by atoms with Crippen LogP contribution in [0.3, 0.4) is 0 Å². The first-order chi connectivity index (χ1) is 7.20. The highest BCUT2D eigenvalue weighted by molar-refractivity contribution is 6.35. The molecule has 0 spiro atoms. The summed E-state index contributed by atoms with van der Waals surface area (Å²) in [5.41, 5.74) is -1.61. The molecular weight excluding hydrogens is 207 g/mol. The van der Waals surface area contributed by atoms with Crippen molar-refractivity contribution in [1.29, 1.82) is 0 Å². The van der Waals surface area contributed by atoms with Crippen LogP contribution >= 0.6 is 0 Å². The third-order valence-electron chi connectivity index (χ3n) is 2.55. The predicted octanol–water partition coefficient (Wildman–Crippen LogP) is 0.981. The minimum absolute atomic E-state index is 0.260. The summed E-state index contributed by atoms with van der Waals surface area (Å²) >= 11 is 0. The predicted molar refractivity (Wildman–Crippen MR) is 64.4 cm³/mol. The van der Waals surface area contributed by atoms with Crippen molar-refractivity contribution in [1.82, 2.24) is 0 Å². The second-order valence-corrected chi connectivity index (χ2v) is 4.53. The first-order valence-corrected chi connectivity index (χ1v) is 5.40. The quantitative estimate of drug-likeness (QED) is 0.418. The fraction of sp³-hybridized carbons (Fsp3) is 0.727. The summed E-state index contributed by atoms with van der Waals surface area (Å²) < 4.78 is 10.2. The van der Waals surface area contributed by atoms with Gasteiger partial charge in [-0.05, 0) is 34.6 Å². The second-order valence-electron chi connectivity index (χ2n) is 4.53. The Bertz CT molecular complexity index is 253.